The predicted octanol–water partition coefficient (Wildman–Crippen LogP) is 0.667. The first-order chi connectivity index (χ1) is 43.3. The third-order valence-corrected chi connectivity index (χ3v) is 14.4. The van der Waals surface area contributed by atoms with Crippen LogP contribution in [0.2, 0.25) is 0 Å². The lowest BCUT2D eigenvalue weighted by Gasteiger charge is -2.26. The minimum atomic E-state index is -4.96. The lowest BCUT2D eigenvalue weighted by Crippen LogP contribution is -2.59. The van der Waals surface area contributed by atoms with Crippen LogP contribution in [0.15, 0.2) is 109 Å². The second-order valence-electron chi connectivity index (χ2n) is 21.2. The predicted molar refractivity (Wildman–Crippen MR) is 326 cm³/mol. The van der Waals surface area contributed by atoms with Crippen LogP contribution in [0.5, 0.6) is 11.5 Å². The summed E-state index contributed by atoms with van der Waals surface area (Å²) < 4.78 is 41.8. The van der Waals surface area contributed by atoms with Crippen LogP contribution in [-0.4, -0.2) is 160 Å². The fraction of sp³-hybridized carbons (Fsp3) is 0.393. The number of carboxylic acids is 2. The molecule has 0 aliphatic rings. The van der Waals surface area contributed by atoms with Gasteiger partial charge in [-0.1, -0.05) is 112 Å². The molecule has 7 atom stereocenters. The monoisotopic (exact) mass is 1280 g/mol. The number of H-pyrrole nitrogens is 1. The molecule has 30 heteroatoms. The van der Waals surface area contributed by atoms with Crippen LogP contribution < -0.4 is 52.5 Å². The van der Waals surface area contributed by atoms with Gasteiger partial charge in [0.2, 0.25) is 47.3 Å². The molecule has 5 aromatic rings. The van der Waals surface area contributed by atoms with Gasteiger partial charge in [-0.2, -0.15) is 8.42 Å². The second-order valence-corrected chi connectivity index (χ2v) is 22.2. The summed E-state index contributed by atoms with van der Waals surface area (Å²) in [7, 11) is -4.96. The van der Waals surface area contributed by atoms with Gasteiger partial charge in [0.15, 0.2) is 0 Å². The van der Waals surface area contributed by atoms with Crippen molar-refractivity contribution in [2.75, 3.05) is 19.7 Å². The first kappa shape index (κ1) is 71.8. The molecule has 1 heterocycles. The number of carbonyl (C=O) groups excluding carboxylic acids is 9. The Kier molecular flexibility index (Phi) is 28.3. The Bertz CT molecular complexity index is 3440. The fourth-order valence-electron chi connectivity index (χ4n) is 9.25. The van der Waals surface area contributed by atoms with Gasteiger partial charge in [0.05, 0.1) is 38.6 Å². The highest BCUT2D eigenvalue weighted by molar-refractivity contribution is 7.81. The molecule has 29 nitrogen and oxygen atoms in total. The Balaban J connectivity index is 1.32. The number of esters is 1. The van der Waals surface area contributed by atoms with E-state index in [1.54, 1.807) is 49.5 Å². The van der Waals surface area contributed by atoms with Crippen molar-refractivity contribution in [1.82, 2.24) is 47.5 Å². The summed E-state index contributed by atoms with van der Waals surface area (Å²) >= 11 is 0. The van der Waals surface area contributed by atoms with E-state index in [1.807, 2.05) is 25.1 Å². The SMILES string of the molecule is CCCC[C@H](NC(=O)[C@H](Cc1ccc(OS(=O)(=O)O)cc1)NC(=O)[C@H](CC(=O)O)NC(=O)CNC(=O)[C@H](N)Cc1ccc(O)cc1)C(=O)NCC(=O)N[C@@H](Cc1c[nH]c2ccccc12)C(=O)N[C@@H](CCCC)C(=O)N[C@@H](CC(=O)O)C(=O)OCCc1ccccc1. The lowest BCUT2D eigenvalue weighted by atomic mass is 10.0. The van der Waals surface area contributed by atoms with Gasteiger partial charge in [-0.25, -0.2) is 4.79 Å². The number of unbranched alkanes of at least 4 members (excludes halogenated alkanes) is 2. The summed E-state index contributed by atoms with van der Waals surface area (Å²) in [6, 6.07) is 16.1. The number of para-hydroxylation sites is 1. The van der Waals surface area contributed by atoms with Crippen molar-refractivity contribution in [1.29, 1.82) is 0 Å². The molecule has 15 N–H and O–H groups in total. The van der Waals surface area contributed by atoms with Gasteiger partial charge < -0.3 is 77.5 Å². The van der Waals surface area contributed by atoms with Gasteiger partial charge in [-0.15, -0.1) is 0 Å². The Morgan fingerprint density at radius 2 is 1.02 bits per heavy atom. The number of hydrogen-bond donors (Lipinski definition) is 14. The number of aliphatic carboxylic acids is 2. The van der Waals surface area contributed by atoms with Gasteiger partial charge in [0, 0.05) is 36.4 Å². The molecule has 0 saturated heterocycles. The number of aromatic amines is 1. The zero-order valence-electron chi connectivity index (χ0n) is 49.9. The van der Waals surface area contributed by atoms with E-state index in [1.165, 1.54) is 36.4 Å². The molecular weight excluding hydrogens is 1210 g/mol. The highest BCUT2D eigenvalue weighted by atomic mass is 32.3. The first-order valence-electron chi connectivity index (χ1n) is 29.1. The average Bonchev–Trinajstić information content (AvgIpc) is 1.91. The van der Waals surface area contributed by atoms with Gasteiger partial charge in [-0.3, -0.25) is 52.5 Å². The molecule has 0 spiro atoms. The van der Waals surface area contributed by atoms with Crippen molar-refractivity contribution >= 4 is 86.5 Å². The first-order valence-corrected chi connectivity index (χ1v) is 30.5. The topological polar surface area (TPSA) is 459 Å². The van der Waals surface area contributed by atoms with E-state index in [4.69, 9.17) is 10.5 Å². The van der Waals surface area contributed by atoms with Crippen molar-refractivity contribution in [3.05, 3.63) is 132 Å². The third kappa shape index (κ3) is 25.2. The number of carbonyl (C=O) groups is 11. The maximum absolute atomic E-state index is 14.4. The minimum absolute atomic E-state index is 0.00786. The van der Waals surface area contributed by atoms with E-state index in [0.717, 1.165) is 17.7 Å². The van der Waals surface area contributed by atoms with E-state index in [9.17, 15) is 81.0 Å². The number of aromatic hydroxyl groups is 1. The maximum Gasteiger partial charge on any atom is 0.446 e. The number of ether oxygens (including phenoxy) is 1. The molecule has 4 aromatic carbocycles. The molecule has 0 aliphatic carbocycles. The van der Waals surface area contributed by atoms with Gasteiger partial charge in [0.25, 0.3) is 0 Å². The number of fused-ring (bicyclic) bond motifs is 1. The normalized spacial score (nSPS) is 13.5. The van der Waals surface area contributed by atoms with Crippen LogP contribution >= 0.6 is 0 Å². The van der Waals surface area contributed by atoms with Gasteiger partial charge in [-0.05, 0) is 71.8 Å². The number of benzene rings is 4. The zero-order chi connectivity index (χ0) is 66.6. The molecule has 91 heavy (non-hydrogen) atoms. The number of aromatic nitrogens is 1. The molecule has 0 fully saturated rings. The van der Waals surface area contributed by atoms with E-state index in [-0.39, 0.29) is 49.4 Å². The zero-order valence-corrected chi connectivity index (χ0v) is 50.8. The van der Waals surface area contributed by atoms with Crippen molar-refractivity contribution in [2.24, 2.45) is 5.73 Å². The number of rotatable bonds is 38. The molecule has 0 bridgehead atoms. The quantitative estimate of drug-likeness (QED) is 0.0191. The number of nitrogens with two attached hydrogens (primary N) is 1. The van der Waals surface area contributed by atoms with Crippen molar-refractivity contribution in [3.8, 4) is 11.5 Å². The molecule has 1 aromatic heterocycles. The minimum Gasteiger partial charge on any atom is -0.508 e. The molecule has 0 saturated carbocycles. The largest absolute Gasteiger partial charge is 0.508 e. The number of hydrogen-bond acceptors (Lipinski definition) is 17. The maximum atomic E-state index is 14.4. The van der Waals surface area contributed by atoms with Crippen LogP contribution in [0.1, 0.15) is 87.5 Å². The van der Waals surface area contributed by atoms with Crippen molar-refractivity contribution < 1.29 is 89.9 Å². The Hall–Kier alpha value is -9.94. The molecule has 5 rings (SSSR count). The number of amides is 8. The molecule has 0 unspecified atom stereocenters. The Morgan fingerprint density at radius 3 is 1.62 bits per heavy atom. The number of nitrogens with one attached hydrogen (secondary N) is 9. The van der Waals surface area contributed by atoms with E-state index in [2.05, 4.69) is 51.7 Å². The van der Waals surface area contributed by atoms with Gasteiger partial charge in [0.1, 0.15) is 47.8 Å². The number of carboxylic acid groups (broad SMARTS) is 2. The summed E-state index contributed by atoms with van der Waals surface area (Å²) in [5.74, 6) is -12.1. The summed E-state index contributed by atoms with van der Waals surface area (Å²) in [5, 5.41) is 49.3. The summed E-state index contributed by atoms with van der Waals surface area (Å²) in [5.41, 5.74) is 8.88. The van der Waals surface area contributed by atoms with E-state index < -0.39 is 150 Å². The van der Waals surface area contributed by atoms with Crippen molar-refractivity contribution in [3.63, 3.8) is 0 Å². The van der Waals surface area contributed by atoms with E-state index in [0.29, 0.717) is 54.1 Å². The van der Waals surface area contributed by atoms with Crippen molar-refractivity contribution in [2.45, 2.75) is 133 Å². The summed E-state index contributed by atoms with van der Waals surface area (Å²) in [6.45, 7) is 1.92. The molecule has 490 valence electrons. The summed E-state index contributed by atoms with van der Waals surface area (Å²) in [4.78, 5) is 151. The number of phenolic OH excluding ortho intramolecular Hbond substituents is 1. The lowest BCUT2D eigenvalue weighted by molar-refractivity contribution is -0.152. The third-order valence-electron chi connectivity index (χ3n) is 14.0. The molecule has 0 aliphatic heterocycles. The number of phenols is 1. The molecular formula is C61H76N10O19S. The van der Waals surface area contributed by atoms with Crippen LogP contribution in [0, 0.1) is 0 Å². The highest BCUT2D eigenvalue weighted by Crippen LogP contribution is 2.21. The van der Waals surface area contributed by atoms with Crippen LogP contribution in [0.4, 0.5) is 0 Å². The highest BCUT2D eigenvalue weighted by Gasteiger charge is 2.34. The average molecular weight is 1290 g/mol. The van der Waals surface area contributed by atoms with Gasteiger partial charge >= 0.3 is 28.3 Å². The smallest absolute Gasteiger partial charge is 0.446 e. The van der Waals surface area contributed by atoms with Crippen LogP contribution in [0.25, 0.3) is 10.9 Å². The van der Waals surface area contributed by atoms with E-state index >= 15 is 0 Å². The van der Waals surface area contributed by atoms with Crippen LogP contribution in [0.3, 0.4) is 0 Å². The standard InChI is InChI=1S/C61H76N10O19S/c1-3-5-15-45(68-58(82)47(29-38-20-24-41(25-21-38)90-91(86,87)88)70-60(84)49(31-53(75)76)67-51(73)34-64-55(79)43(62)28-37-18-22-40(72)23-19-37)56(80)65-35-52(74)66-48(30-39-33-63-44-17-11-10-14-42(39)44)59(83)69-46(16-6-4-2)57(81)71-50(32-54(77)78)61(85)89-27-26-36-12-8-7-9-13-36/h7-14,17-25,33,43,45-50,63,72H,3-6,15-16,26-32,34-35,62H2,1-2H3,(H,64,79)(H,65,80)(H,66,74)(H,67,73)(H,68,82)(H,69,83)(H,70,84)(H,71,81)(H,75,76)(H,77,78)(H,86,87,88)/t43-,45+,46+,47+,48+,49+,50+/m1/s1. The molecule has 8 amide bonds. The Labute approximate surface area is 523 Å². The Morgan fingerprint density at radius 1 is 0.538 bits per heavy atom. The summed E-state index contributed by atoms with van der Waals surface area (Å²) in [6.07, 6.45) is 1.16. The van der Waals surface area contributed by atoms with Crippen LogP contribution in [-0.2, 0) is 93.6 Å². The second kappa shape index (κ2) is 35.9. The fourth-order valence-corrected chi connectivity index (χ4v) is 9.60. The molecule has 0 radical (unpaired) electrons.